The minimum atomic E-state index is -3.67. The summed E-state index contributed by atoms with van der Waals surface area (Å²) >= 11 is 0. The Balaban J connectivity index is 3.14. The van der Waals surface area contributed by atoms with E-state index in [1.165, 1.54) is 26.4 Å². The van der Waals surface area contributed by atoms with Crippen LogP contribution in [0.2, 0.25) is 0 Å². The molecule has 0 aromatic heterocycles. The van der Waals surface area contributed by atoms with Crippen molar-refractivity contribution in [2.24, 2.45) is 5.92 Å². The van der Waals surface area contributed by atoms with E-state index in [1.54, 1.807) is 0 Å². The quantitative estimate of drug-likeness (QED) is 0.747. The van der Waals surface area contributed by atoms with Gasteiger partial charge in [0.25, 0.3) is 0 Å². The number of nitrogens with one attached hydrogen (secondary N) is 1. The average Bonchev–Trinajstić information content (AvgIpc) is 2.44. The highest BCUT2D eigenvalue weighted by molar-refractivity contribution is 7.89. The van der Waals surface area contributed by atoms with Gasteiger partial charge in [0.15, 0.2) is 0 Å². The molecule has 1 rings (SSSR count). The van der Waals surface area contributed by atoms with Gasteiger partial charge in [-0.2, -0.15) is 0 Å². The summed E-state index contributed by atoms with van der Waals surface area (Å²) in [5.41, 5.74) is 6.01. The summed E-state index contributed by atoms with van der Waals surface area (Å²) in [6.07, 6.45) is 0.893. The predicted molar refractivity (Wildman–Crippen MR) is 78.6 cm³/mol. The molecule has 0 spiro atoms. The molecule has 1 atom stereocenters. The van der Waals surface area contributed by atoms with Crippen LogP contribution in [0.15, 0.2) is 17.0 Å². The summed E-state index contributed by atoms with van der Waals surface area (Å²) in [5.74, 6) is 0.835. The van der Waals surface area contributed by atoms with Crippen molar-refractivity contribution < 1.29 is 17.9 Å². The minimum Gasteiger partial charge on any atom is -0.495 e. The third kappa shape index (κ3) is 3.77. The maximum atomic E-state index is 12.3. The van der Waals surface area contributed by atoms with Crippen molar-refractivity contribution in [2.75, 3.05) is 26.5 Å². The lowest BCUT2D eigenvalue weighted by Crippen LogP contribution is -2.28. The molecule has 0 amide bonds. The van der Waals surface area contributed by atoms with E-state index in [-0.39, 0.29) is 22.3 Å². The molecule has 1 aromatic rings. The lowest BCUT2D eigenvalue weighted by atomic mass is 10.1. The van der Waals surface area contributed by atoms with E-state index < -0.39 is 10.0 Å². The molecule has 6 nitrogen and oxygen atoms in total. The van der Waals surface area contributed by atoms with Gasteiger partial charge < -0.3 is 15.2 Å². The molecule has 1 aromatic carbocycles. The fraction of sp³-hybridized carbons (Fsp3) is 0.538. The van der Waals surface area contributed by atoms with Crippen molar-refractivity contribution in [1.29, 1.82) is 0 Å². The minimum absolute atomic E-state index is 0.0154. The number of sulfonamides is 1. The number of anilines is 1. The molecule has 114 valence electrons. The Morgan fingerprint density at radius 3 is 2.35 bits per heavy atom. The maximum absolute atomic E-state index is 12.3. The molecule has 0 fully saturated rings. The van der Waals surface area contributed by atoms with Gasteiger partial charge in [-0.25, -0.2) is 13.1 Å². The Kier molecular flexibility index (Phi) is 5.64. The summed E-state index contributed by atoms with van der Waals surface area (Å²) in [6.45, 7) is 4.35. The first-order chi connectivity index (χ1) is 9.35. The molecule has 0 radical (unpaired) electrons. The number of nitrogen functional groups attached to an aromatic ring is 1. The summed E-state index contributed by atoms with van der Waals surface area (Å²) in [7, 11) is -0.806. The van der Waals surface area contributed by atoms with Crippen LogP contribution >= 0.6 is 0 Å². The molecule has 0 saturated carbocycles. The zero-order valence-electron chi connectivity index (χ0n) is 12.3. The molecule has 0 aliphatic rings. The van der Waals surface area contributed by atoms with Crippen LogP contribution in [0.3, 0.4) is 0 Å². The van der Waals surface area contributed by atoms with Gasteiger partial charge in [0.2, 0.25) is 10.0 Å². The summed E-state index contributed by atoms with van der Waals surface area (Å²) < 4.78 is 37.3. The first kappa shape index (κ1) is 16.6. The Bertz CT molecular complexity index is 558. The van der Waals surface area contributed by atoms with Crippen LogP contribution in [0.5, 0.6) is 11.5 Å². The van der Waals surface area contributed by atoms with Crippen LogP contribution in [0, 0.1) is 5.92 Å². The van der Waals surface area contributed by atoms with Gasteiger partial charge in [0.1, 0.15) is 16.4 Å². The van der Waals surface area contributed by atoms with E-state index >= 15 is 0 Å². The van der Waals surface area contributed by atoms with Gasteiger partial charge >= 0.3 is 0 Å². The highest BCUT2D eigenvalue weighted by Gasteiger charge is 2.22. The second-order valence-corrected chi connectivity index (χ2v) is 6.35. The molecule has 0 aliphatic carbocycles. The molecule has 7 heteroatoms. The fourth-order valence-corrected chi connectivity index (χ4v) is 2.93. The smallest absolute Gasteiger partial charge is 0.244 e. The number of rotatable bonds is 7. The molecule has 0 heterocycles. The summed E-state index contributed by atoms with van der Waals surface area (Å²) in [5, 5.41) is 0. The number of hydrogen-bond donors (Lipinski definition) is 2. The monoisotopic (exact) mass is 302 g/mol. The molecular weight excluding hydrogens is 280 g/mol. The highest BCUT2D eigenvalue weighted by Crippen LogP contribution is 2.33. The first-order valence-corrected chi connectivity index (χ1v) is 7.85. The average molecular weight is 302 g/mol. The van der Waals surface area contributed by atoms with E-state index in [2.05, 4.69) is 4.72 Å². The largest absolute Gasteiger partial charge is 0.495 e. The van der Waals surface area contributed by atoms with Crippen molar-refractivity contribution in [3.8, 4) is 11.5 Å². The topological polar surface area (TPSA) is 90.7 Å². The van der Waals surface area contributed by atoms with E-state index in [0.717, 1.165) is 6.42 Å². The third-order valence-electron chi connectivity index (χ3n) is 3.12. The number of ether oxygens (including phenoxy) is 2. The van der Waals surface area contributed by atoms with Gasteiger partial charge in [-0.05, 0) is 12.0 Å². The molecule has 0 aliphatic heterocycles. The number of nitrogens with two attached hydrogens (primary N) is 1. The van der Waals surface area contributed by atoms with E-state index in [1.807, 2.05) is 13.8 Å². The van der Waals surface area contributed by atoms with Gasteiger partial charge in [-0.1, -0.05) is 20.3 Å². The standard InChI is InChI=1S/C13H22N2O4S/c1-5-9(2)8-15-20(16,17)13-6-10(14)11(18-3)7-12(13)19-4/h6-7,9,15H,5,8,14H2,1-4H3. The highest BCUT2D eigenvalue weighted by atomic mass is 32.2. The second-order valence-electron chi connectivity index (χ2n) is 4.61. The molecule has 1 unspecified atom stereocenters. The van der Waals surface area contributed by atoms with Gasteiger partial charge in [0.05, 0.1) is 19.9 Å². The zero-order valence-corrected chi connectivity index (χ0v) is 13.1. The normalized spacial score (nSPS) is 13.0. The Labute approximate surface area is 120 Å². The van der Waals surface area contributed by atoms with Crippen LogP contribution < -0.4 is 19.9 Å². The van der Waals surface area contributed by atoms with Crippen molar-refractivity contribution >= 4 is 15.7 Å². The SMILES string of the molecule is CCC(C)CNS(=O)(=O)c1cc(N)c(OC)cc1OC. The van der Waals surface area contributed by atoms with Crippen LogP contribution in [0.4, 0.5) is 5.69 Å². The van der Waals surface area contributed by atoms with Gasteiger partial charge in [-0.3, -0.25) is 0 Å². The summed E-state index contributed by atoms with van der Waals surface area (Å²) in [6, 6.07) is 2.81. The van der Waals surface area contributed by atoms with Crippen molar-refractivity contribution in [2.45, 2.75) is 25.2 Å². The van der Waals surface area contributed by atoms with Crippen LogP contribution in [-0.2, 0) is 10.0 Å². The Morgan fingerprint density at radius 1 is 1.25 bits per heavy atom. The van der Waals surface area contributed by atoms with Gasteiger partial charge in [0, 0.05) is 12.6 Å². The van der Waals surface area contributed by atoms with Crippen molar-refractivity contribution in [3.05, 3.63) is 12.1 Å². The third-order valence-corrected chi connectivity index (χ3v) is 4.57. The van der Waals surface area contributed by atoms with Crippen LogP contribution in [0.25, 0.3) is 0 Å². The van der Waals surface area contributed by atoms with Gasteiger partial charge in [-0.15, -0.1) is 0 Å². The molecular formula is C13H22N2O4S. The number of hydrogen-bond acceptors (Lipinski definition) is 5. The lowest BCUT2D eigenvalue weighted by Gasteiger charge is -2.15. The van der Waals surface area contributed by atoms with Crippen LogP contribution in [0.1, 0.15) is 20.3 Å². The fourth-order valence-electron chi connectivity index (χ4n) is 1.58. The van der Waals surface area contributed by atoms with E-state index in [0.29, 0.717) is 12.3 Å². The summed E-state index contributed by atoms with van der Waals surface area (Å²) in [4.78, 5) is 0.0154. The number of methoxy groups -OCH3 is 2. The molecule has 3 N–H and O–H groups in total. The van der Waals surface area contributed by atoms with E-state index in [4.69, 9.17) is 15.2 Å². The van der Waals surface area contributed by atoms with Crippen LogP contribution in [-0.4, -0.2) is 29.2 Å². The Morgan fingerprint density at radius 2 is 1.85 bits per heavy atom. The van der Waals surface area contributed by atoms with Crippen molar-refractivity contribution in [3.63, 3.8) is 0 Å². The molecule has 0 bridgehead atoms. The number of benzene rings is 1. The van der Waals surface area contributed by atoms with Crippen molar-refractivity contribution in [1.82, 2.24) is 4.72 Å². The lowest BCUT2D eigenvalue weighted by molar-refractivity contribution is 0.387. The Hall–Kier alpha value is -1.47. The first-order valence-electron chi connectivity index (χ1n) is 6.36. The zero-order chi connectivity index (χ0) is 15.3. The second kappa shape index (κ2) is 6.81. The maximum Gasteiger partial charge on any atom is 0.244 e. The molecule has 20 heavy (non-hydrogen) atoms. The van der Waals surface area contributed by atoms with E-state index in [9.17, 15) is 8.42 Å². The molecule has 0 saturated heterocycles. The predicted octanol–water partition coefficient (Wildman–Crippen LogP) is 1.61.